The van der Waals surface area contributed by atoms with Crippen LogP contribution < -0.4 is 5.73 Å². The van der Waals surface area contributed by atoms with Crippen LogP contribution >= 0.6 is 23.2 Å². The van der Waals surface area contributed by atoms with E-state index in [9.17, 15) is 0 Å². The first kappa shape index (κ1) is 15.8. The van der Waals surface area contributed by atoms with Gasteiger partial charge in [0.25, 0.3) is 0 Å². The summed E-state index contributed by atoms with van der Waals surface area (Å²) in [6.45, 7) is 8.02. The van der Waals surface area contributed by atoms with Crippen molar-refractivity contribution in [3.05, 3.63) is 33.8 Å². The lowest BCUT2D eigenvalue weighted by atomic mass is 10.0. The highest BCUT2D eigenvalue weighted by Crippen LogP contribution is 2.31. The Hall–Kier alpha value is -0.280. The molecule has 0 fully saturated rings. The van der Waals surface area contributed by atoms with Gasteiger partial charge in [-0.3, -0.25) is 4.90 Å². The minimum absolute atomic E-state index is 0.121. The van der Waals surface area contributed by atoms with E-state index < -0.39 is 0 Å². The Morgan fingerprint density at radius 1 is 1.28 bits per heavy atom. The van der Waals surface area contributed by atoms with Gasteiger partial charge >= 0.3 is 0 Å². The van der Waals surface area contributed by atoms with Crippen LogP contribution in [0.3, 0.4) is 0 Å². The summed E-state index contributed by atoms with van der Waals surface area (Å²) >= 11 is 12.3. The summed E-state index contributed by atoms with van der Waals surface area (Å²) in [5.74, 6) is 0. The molecular weight excluding hydrogens is 267 g/mol. The van der Waals surface area contributed by atoms with Crippen LogP contribution in [0.2, 0.25) is 10.0 Å². The SMILES string of the molecule is CCC(C)N(CC)C(CN)c1cc(Cl)ccc1Cl. The summed E-state index contributed by atoms with van der Waals surface area (Å²) in [5, 5.41) is 1.43. The second-order valence-electron chi connectivity index (χ2n) is 4.51. The third kappa shape index (κ3) is 3.61. The van der Waals surface area contributed by atoms with Gasteiger partial charge in [0, 0.05) is 28.7 Å². The summed E-state index contributed by atoms with van der Waals surface area (Å²) < 4.78 is 0. The van der Waals surface area contributed by atoms with Crippen molar-refractivity contribution in [3.63, 3.8) is 0 Å². The van der Waals surface area contributed by atoms with E-state index in [2.05, 4.69) is 25.7 Å². The summed E-state index contributed by atoms with van der Waals surface area (Å²) in [6, 6.07) is 6.16. The Balaban J connectivity index is 3.10. The fourth-order valence-electron chi connectivity index (χ4n) is 2.28. The van der Waals surface area contributed by atoms with Crippen molar-refractivity contribution < 1.29 is 0 Å². The lowest BCUT2D eigenvalue weighted by Crippen LogP contribution is -2.39. The van der Waals surface area contributed by atoms with Crippen molar-refractivity contribution in [2.75, 3.05) is 13.1 Å². The smallest absolute Gasteiger partial charge is 0.0488 e. The first-order chi connectivity index (χ1) is 8.54. The molecule has 1 aromatic carbocycles. The van der Waals surface area contributed by atoms with E-state index in [4.69, 9.17) is 28.9 Å². The first-order valence-electron chi connectivity index (χ1n) is 6.45. The van der Waals surface area contributed by atoms with Crippen LogP contribution in [0.4, 0.5) is 0 Å². The van der Waals surface area contributed by atoms with Gasteiger partial charge in [-0.15, -0.1) is 0 Å². The molecule has 0 aliphatic rings. The van der Waals surface area contributed by atoms with Gasteiger partial charge in [0.05, 0.1) is 0 Å². The molecule has 2 unspecified atom stereocenters. The zero-order valence-corrected chi connectivity index (χ0v) is 12.8. The van der Waals surface area contributed by atoms with Crippen LogP contribution in [0, 0.1) is 0 Å². The standard InChI is InChI=1S/C14H22Cl2N2/c1-4-10(3)18(5-2)14(9-17)12-8-11(15)6-7-13(12)16/h6-8,10,14H,4-5,9,17H2,1-3H3. The molecular formula is C14H22Cl2N2. The van der Waals surface area contributed by atoms with Crippen molar-refractivity contribution in [3.8, 4) is 0 Å². The molecule has 0 saturated heterocycles. The van der Waals surface area contributed by atoms with E-state index in [1.54, 1.807) is 6.07 Å². The molecule has 0 spiro atoms. The lowest BCUT2D eigenvalue weighted by molar-refractivity contribution is 0.152. The number of hydrogen-bond acceptors (Lipinski definition) is 2. The summed E-state index contributed by atoms with van der Waals surface area (Å²) in [6.07, 6.45) is 1.09. The predicted octanol–water partition coefficient (Wildman–Crippen LogP) is 4.11. The number of halogens is 2. The number of hydrogen-bond donors (Lipinski definition) is 1. The minimum Gasteiger partial charge on any atom is -0.329 e. The molecule has 0 bridgehead atoms. The second-order valence-corrected chi connectivity index (χ2v) is 5.35. The molecule has 0 amide bonds. The highest BCUT2D eigenvalue weighted by molar-refractivity contribution is 6.33. The number of nitrogens with zero attached hydrogens (tertiary/aromatic N) is 1. The van der Waals surface area contributed by atoms with Gasteiger partial charge in [0.15, 0.2) is 0 Å². The molecule has 2 N–H and O–H groups in total. The van der Waals surface area contributed by atoms with Crippen LogP contribution in [0.5, 0.6) is 0 Å². The zero-order valence-electron chi connectivity index (χ0n) is 11.3. The fraction of sp³-hybridized carbons (Fsp3) is 0.571. The van der Waals surface area contributed by atoms with Crippen LogP contribution in [0.1, 0.15) is 38.8 Å². The zero-order chi connectivity index (χ0) is 13.7. The molecule has 0 heterocycles. The molecule has 0 aliphatic heterocycles. The number of nitrogens with two attached hydrogens (primary N) is 1. The molecule has 4 heteroatoms. The normalized spacial score (nSPS) is 14.8. The largest absolute Gasteiger partial charge is 0.329 e. The maximum Gasteiger partial charge on any atom is 0.0488 e. The van der Waals surface area contributed by atoms with Gasteiger partial charge in [-0.1, -0.05) is 37.0 Å². The van der Waals surface area contributed by atoms with Crippen molar-refractivity contribution >= 4 is 23.2 Å². The number of rotatable bonds is 6. The minimum atomic E-state index is 0.121. The average Bonchev–Trinajstić information content (AvgIpc) is 2.38. The van der Waals surface area contributed by atoms with Crippen molar-refractivity contribution in [1.29, 1.82) is 0 Å². The molecule has 1 aromatic rings. The second kappa shape index (κ2) is 7.34. The van der Waals surface area contributed by atoms with E-state index in [0.29, 0.717) is 17.6 Å². The van der Waals surface area contributed by atoms with Gasteiger partial charge < -0.3 is 5.73 Å². The van der Waals surface area contributed by atoms with Crippen molar-refractivity contribution in [2.45, 2.75) is 39.3 Å². The molecule has 102 valence electrons. The van der Waals surface area contributed by atoms with E-state index in [1.807, 2.05) is 12.1 Å². The van der Waals surface area contributed by atoms with Gasteiger partial charge in [-0.2, -0.15) is 0 Å². The third-order valence-corrected chi connectivity index (χ3v) is 4.04. The Morgan fingerprint density at radius 3 is 2.44 bits per heavy atom. The molecule has 2 atom stereocenters. The van der Waals surface area contributed by atoms with Crippen LogP contribution in [-0.4, -0.2) is 24.0 Å². The topological polar surface area (TPSA) is 29.3 Å². The molecule has 0 saturated carbocycles. The molecule has 1 rings (SSSR count). The summed E-state index contributed by atoms with van der Waals surface area (Å²) in [4.78, 5) is 2.37. The summed E-state index contributed by atoms with van der Waals surface area (Å²) in [5.41, 5.74) is 6.97. The fourth-order valence-corrected chi connectivity index (χ4v) is 2.71. The molecule has 0 radical (unpaired) electrons. The van der Waals surface area contributed by atoms with E-state index >= 15 is 0 Å². The molecule has 2 nitrogen and oxygen atoms in total. The van der Waals surface area contributed by atoms with Crippen LogP contribution in [-0.2, 0) is 0 Å². The lowest BCUT2D eigenvalue weighted by Gasteiger charge is -2.35. The quantitative estimate of drug-likeness (QED) is 0.853. The maximum atomic E-state index is 6.28. The van der Waals surface area contributed by atoms with E-state index in [0.717, 1.165) is 23.6 Å². The van der Waals surface area contributed by atoms with E-state index in [-0.39, 0.29) is 6.04 Å². The maximum absolute atomic E-state index is 6.28. The van der Waals surface area contributed by atoms with E-state index in [1.165, 1.54) is 0 Å². The van der Waals surface area contributed by atoms with Crippen molar-refractivity contribution in [1.82, 2.24) is 4.90 Å². The van der Waals surface area contributed by atoms with Crippen LogP contribution in [0.25, 0.3) is 0 Å². The molecule has 0 aromatic heterocycles. The monoisotopic (exact) mass is 288 g/mol. The molecule has 18 heavy (non-hydrogen) atoms. The van der Waals surface area contributed by atoms with Crippen molar-refractivity contribution in [2.24, 2.45) is 5.73 Å². The highest BCUT2D eigenvalue weighted by Gasteiger charge is 2.23. The Kier molecular flexibility index (Phi) is 6.44. The Morgan fingerprint density at radius 2 is 1.94 bits per heavy atom. The Labute approximate surface area is 120 Å². The Bertz CT molecular complexity index is 382. The summed E-state index contributed by atoms with van der Waals surface area (Å²) in [7, 11) is 0. The average molecular weight is 289 g/mol. The predicted molar refractivity (Wildman–Crippen MR) is 80.4 cm³/mol. The highest BCUT2D eigenvalue weighted by atomic mass is 35.5. The van der Waals surface area contributed by atoms with Gasteiger partial charge in [-0.25, -0.2) is 0 Å². The first-order valence-corrected chi connectivity index (χ1v) is 7.21. The molecule has 0 aliphatic carbocycles. The number of likely N-dealkylation sites (N-methyl/N-ethyl adjacent to an activating group) is 1. The number of benzene rings is 1. The van der Waals surface area contributed by atoms with Gasteiger partial charge in [0.1, 0.15) is 0 Å². The third-order valence-electron chi connectivity index (χ3n) is 3.46. The van der Waals surface area contributed by atoms with Gasteiger partial charge in [0.2, 0.25) is 0 Å². The van der Waals surface area contributed by atoms with Crippen LogP contribution in [0.15, 0.2) is 18.2 Å². The van der Waals surface area contributed by atoms with Gasteiger partial charge in [-0.05, 0) is 43.7 Å².